The number of nitrogens with two attached hydrogens (primary N) is 1. The van der Waals surface area contributed by atoms with Crippen LogP contribution < -0.4 is 11.1 Å². The highest BCUT2D eigenvalue weighted by atomic mass is 19.4. The van der Waals surface area contributed by atoms with Gasteiger partial charge in [-0.2, -0.15) is 13.2 Å². The second-order valence-corrected chi connectivity index (χ2v) is 5.32. The number of ether oxygens (including phenoxy) is 1. The van der Waals surface area contributed by atoms with Crippen LogP contribution in [-0.2, 0) is 10.9 Å². The quantitative estimate of drug-likeness (QED) is 0.894. The summed E-state index contributed by atoms with van der Waals surface area (Å²) in [4.78, 5) is 18.1. The highest BCUT2D eigenvalue weighted by molar-refractivity contribution is 5.68. The van der Waals surface area contributed by atoms with Crippen molar-refractivity contribution in [2.24, 2.45) is 0 Å². The van der Waals surface area contributed by atoms with E-state index in [0.717, 1.165) is 12.3 Å². The fraction of sp³-hybridized carbons (Fsp3) is 0.462. The molecule has 9 heteroatoms. The van der Waals surface area contributed by atoms with Crippen molar-refractivity contribution in [1.29, 1.82) is 0 Å². The van der Waals surface area contributed by atoms with Crippen LogP contribution in [0.4, 0.5) is 23.9 Å². The maximum Gasteiger partial charge on any atom is 0.434 e. The van der Waals surface area contributed by atoms with Gasteiger partial charge in [-0.25, -0.2) is 14.8 Å². The molecule has 0 atom stereocenters. The van der Waals surface area contributed by atoms with Gasteiger partial charge in [-0.05, 0) is 20.8 Å². The van der Waals surface area contributed by atoms with Crippen molar-refractivity contribution < 1.29 is 22.7 Å². The molecule has 0 saturated heterocycles. The lowest BCUT2D eigenvalue weighted by molar-refractivity contribution is -0.141. The first-order chi connectivity index (χ1) is 9.99. The van der Waals surface area contributed by atoms with Gasteiger partial charge in [0.05, 0.1) is 0 Å². The van der Waals surface area contributed by atoms with Crippen LogP contribution in [0.15, 0.2) is 12.3 Å². The summed E-state index contributed by atoms with van der Waals surface area (Å²) in [5, 5.41) is 2.38. The van der Waals surface area contributed by atoms with Gasteiger partial charge >= 0.3 is 12.3 Å². The van der Waals surface area contributed by atoms with E-state index in [4.69, 9.17) is 10.5 Å². The van der Waals surface area contributed by atoms with E-state index in [0.29, 0.717) is 0 Å². The topological polar surface area (TPSA) is 90.1 Å². The van der Waals surface area contributed by atoms with Crippen molar-refractivity contribution in [3.63, 3.8) is 0 Å². The number of carbonyl (C=O) groups excluding carboxylic acids is 1. The van der Waals surface area contributed by atoms with E-state index in [1.807, 2.05) is 0 Å². The van der Waals surface area contributed by atoms with Crippen LogP contribution in [-0.4, -0.2) is 28.2 Å². The molecule has 0 aliphatic carbocycles. The van der Waals surface area contributed by atoms with Crippen LogP contribution >= 0.6 is 0 Å². The predicted octanol–water partition coefficient (Wildman–Crippen LogP) is 2.62. The Kier molecular flexibility index (Phi) is 5.34. The van der Waals surface area contributed by atoms with Gasteiger partial charge in [0.15, 0.2) is 5.69 Å². The fourth-order valence-electron chi connectivity index (χ4n) is 1.40. The van der Waals surface area contributed by atoms with Crippen molar-refractivity contribution >= 4 is 18.1 Å². The molecule has 1 rings (SSSR count). The van der Waals surface area contributed by atoms with Gasteiger partial charge in [-0.1, -0.05) is 12.2 Å². The number of anilines is 1. The number of carbonyl (C=O) groups is 1. The average molecular weight is 318 g/mol. The summed E-state index contributed by atoms with van der Waals surface area (Å²) in [5.41, 5.74) is 3.13. The SMILES string of the molecule is CC(C)(C)OC(=O)NCC=Cc1cnc(N)nc1C(F)(F)F. The van der Waals surface area contributed by atoms with Crippen LogP contribution in [0.25, 0.3) is 6.08 Å². The molecule has 1 aromatic rings. The summed E-state index contributed by atoms with van der Waals surface area (Å²) in [6.07, 6.45) is -1.86. The summed E-state index contributed by atoms with van der Waals surface area (Å²) < 4.78 is 43.3. The molecule has 0 fully saturated rings. The summed E-state index contributed by atoms with van der Waals surface area (Å²) in [7, 11) is 0. The number of rotatable bonds is 3. The van der Waals surface area contributed by atoms with Gasteiger partial charge in [-0.3, -0.25) is 0 Å². The molecule has 0 aliphatic heterocycles. The van der Waals surface area contributed by atoms with Crippen LogP contribution in [0.1, 0.15) is 32.0 Å². The van der Waals surface area contributed by atoms with Gasteiger partial charge in [0, 0.05) is 18.3 Å². The zero-order valence-electron chi connectivity index (χ0n) is 12.4. The third-order valence-electron chi connectivity index (χ3n) is 2.16. The highest BCUT2D eigenvalue weighted by Gasteiger charge is 2.35. The number of aromatic nitrogens is 2. The Morgan fingerprint density at radius 1 is 1.41 bits per heavy atom. The Labute approximate surface area is 125 Å². The van der Waals surface area contributed by atoms with Crippen LogP contribution in [0.2, 0.25) is 0 Å². The molecule has 122 valence electrons. The molecule has 1 aromatic heterocycles. The molecule has 6 nitrogen and oxygen atoms in total. The van der Waals surface area contributed by atoms with E-state index in [2.05, 4.69) is 15.3 Å². The molecule has 3 N–H and O–H groups in total. The first kappa shape index (κ1) is 17.7. The van der Waals surface area contributed by atoms with Gasteiger partial charge in [0.25, 0.3) is 0 Å². The molecular weight excluding hydrogens is 301 g/mol. The second kappa shape index (κ2) is 6.63. The molecule has 0 spiro atoms. The first-order valence-electron chi connectivity index (χ1n) is 6.32. The minimum atomic E-state index is -4.64. The molecule has 1 amide bonds. The molecular formula is C13H17F3N4O2. The molecule has 0 unspecified atom stereocenters. The number of alkyl carbamates (subject to hydrolysis) is 1. The fourth-order valence-corrected chi connectivity index (χ4v) is 1.40. The van der Waals surface area contributed by atoms with Gasteiger partial charge in [0.1, 0.15) is 5.60 Å². The highest BCUT2D eigenvalue weighted by Crippen LogP contribution is 2.30. The number of hydrogen-bond acceptors (Lipinski definition) is 5. The molecule has 0 saturated carbocycles. The number of nitrogens with one attached hydrogen (secondary N) is 1. The molecule has 0 aromatic carbocycles. The molecule has 1 heterocycles. The van der Waals surface area contributed by atoms with E-state index < -0.39 is 29.5 Å². The second-order valence-electron chi connectivity index (χ2n) is 5.32. The lowest BCUT2D eigenvalue weighted by Crippen LogP contribution is -2.32. The van der Waals surface area contributed by atoms with Crippen LogP contribution in [0.5, 0.6) is 0 Å². The number of halogens is 3. The van der Waals surface area contributed by atoms with E-state index >= 15 is 0 Å². The molecule has 0 radical (unpaired) electrons. The normalized spacial score (nSPS) is 12.5. The number of hydrogen-bond donors (Lipinski definition) is 2. The lowest BCUT2D eigenvalue weighted by atomic mass is 10.2. The summed E-state index contributed by atoms with van der Waals surface area (Å²) >= 11 is 0. The first-order valence-corrected chi connectivity index (χ1v) is 6.32. The molecule has 0 aliphatic rings. The summed E-state index contributed by atoms with van der Waals surface area (Å²) in [5.74, 6) is -0.462. The van der Waals surface area contributed by atoms with Crippen molar-refractivity contribution in [3.05, 3.63) is 23.5 Å². The number of alkyl halides is 3. The number of amides is 1. The van der Waals surface area contributed by atoms with Crippen molar-refractivity contribution in [3.8, 4) is 0 Å². The van der Waals surface area contributed by atoms with Crippen LogP contribution in [0.3, 0.4) is 0 Å². The Bertz CT molecular complexity index is 565. The predicted molar refractivity (Wildman–Crippen MR) is 74.7 cm³/mol. The third kappa shape index (κ3) is 5.98. The Morgan fingerprint density at radius 3 is 2.59 bits per heavy atom. The van der Waals surface area contributed by atoms with E-state index in [9.17, 15) is 18.0 Å². The van der Waals surface area contributed by atoms with Crippen molar-refractivity contribution in [1.82, 2.24) is 15.3 Å². The smallest absolute Gasteiger partial charge is 0.434 e. The maximum absolute atomic E-state index is 12.8. The van der Waals surface area contributed by atoms with E-state index in [-0.39, 0.29) is 12.1 Å². The summed E-state index contributed by atoms with van der Waals surface area (Å²) in [6.45, 7) is 5.09. The minimum absolute atomic E-state index is 0.00339. The minimum Gasteiger partial charge on any atom is -0.444 e. The molecule has 22 heavy (non-hydrogen) atoms. The number of nitrogen functional groups attached to an aromatic ring is 1. The van der Waals surface area contributed by atoms with Gasteiger partial charge in [-0.15, -0.1) is 0 Å². The van der Waals surface area contributed by atoms with Crippen molar-refractivity contribution in [2.45, 2.75) is 32.5 Å². The number of nitrogens with zero attached hydrogens (tertiary/aromatic N) is 2. The van der Waals surface area contributed by atoms with Gasteiger partial charge < -0.3 is 15.8 Å². The largest absolute Gasteiger partial charge is 0.444 e. The van der Waals surface area contributed by atoms with Crippen molar-refractivity contribution in [2.75, 3.05) is 12.3 Å². The van der Waals surface area contributed by atoms with E-state index in [1.165, 1.54) is 6.08 Å². The van der Waals surface area contributed by atoms with Gasteiger partial charge in [0.2, 0.25) is 5.95 Å². The Balaban J connectivity index is 2.70. The monoisotopic (exact) mass is 318 g/mol. The Morgan fingerprint density at radius 2 is 2.05 bits per heavy atom. The lowest BCUT2D eigenvalue weighted by Gasteiger charge is -2.19. The zero-order chi connectivity index (χ0) is 17.0. The summed E-state index contributed by atoms with van der Waals surface area (Å²) in [6, 6.07) is 0. The van der Waals surface area contributed by atoms with Crippen LogP contribution in [0, 0.1) is 0 Å². The average Bonchev–Trinajstić information content (AvgIpc) is 2.32. The third-order valence-corrected chi connectivity index (χ3v) is 2.16. The maximum atomic E-state index is 12.8. The zero-order valence-corrected chi connectivity index (χ0v) is 12.4. The van der Waals surface area contributed by atoms with E-state index in [1.54, 1.807) is 20.8 Å². The Hall–Kier alpha value is -2.32. The molecule has 0 bridgehead atoms. The standard InChI is InChI=1S/C13H17F3N4O2/c1-12(2,3)22-11(21)18-6-4-5-8-7-19-10(17)20-9(8)13(14,15)16/h4-5,7H,6H2,1-3H3,(H,18,21)(H2,17,19,20).